The Kier molecular flexibility index (Phi) is 4.10. The molecule has 0 radical (unpaired) electrons. The molecule has 0 saturated heterocycles. The number of fused-ring (bicyclic) bond motifs is 1. The van der Waals surface area contributed by atoms with Crippen LogP contribution in [0, 0.1) is 11.3 Å². The van der Waals surface area contributed by atoms with E-state index in [0.717, 1.165) is 10.0 Å². The van der Waals surface area contributed by atoms with E-state index in [1.54, 1.807) is 0 Å². The highest BCUT2D eigenvalue weighted by atomic mass is 127. The van der Waals surface area contributed by atoms with Crippen LogP contribution in [0.25, 0.3) is 0 Å². The fourth-order valence-corrected chi connectivity index (χ4v) is 5.46. The highest BCUT2D eigenvalue weighted by Gasteiger charge is 2.53. The molecule has 0 N–H and O–H groups in total. The lowest BCUT2D eigenvalue weighted by molar-refractivity contribution is -0.114. The summed E-state index contributed by atoms with van der Waals surface area (Å²) in [5.41, 5.74) is 1.46. The summed E-state index contributed by atoms with van der Waals surface area (Å²) in [6.07, 6.45) is 1.92. The van der Waals surface area contributed by atoms with Crippen LogP contribution in [0.3, 0.4) is 0 Å². The standard InChI is InChI=1S/C16H27IO2Si/c1-15(2,3)20(6,7)19-14-12-10(9-16(14,4)5)8-11(18)13(12)17/h10,14H,8-9H2,1-7H3/t10-,14+/m1/s1. The maximum absolute atomic E-state index is 12.0. The number of rotatable bonds is 2. The van der Waals surface area contributed by atoms with Gasteiger partial charge in [0, 0.05) is 6.42 Å². The van der Waals surface area contributed by atoms with Crippen LogP contribution in [-0.4, -0.2) is 20.2 Å². The molecular weight excluding hydrogens is 379 g/mol. The monoisotopic (exact) mass is 406 g/mol. The van der Waals surface area contributed by atoms with Gasteiger partial charge >= 0.3 is 0 Å². The van der Waals surface area contributed by atoms with Gasteiger partial charge in [-0.15, -0.1) is 0 Å². The third kappa shape index (κ3) is 2.67. The molecule has 2 aliphatic carbocycles. The summed E-state index contributed by atoms with van der Waals surface area (Å²) in [4.78, 5) is 12.0. The molecule has 114 valence electrons. The molecule has 4 heteroatoms. The number of carbonyl (C=O) groups excluding carboxylic acids is 1. The third-order valence-electron chi connectivity index (χ3n) is 5.35. The smallest absolute Gasteiger partial charge is 0.192 e. The second-order valence-electron chi connectivity index (χ2n) is 8.54. The van der Waals surface area contributed by atoms with Crippen molar-refractivity contribution in [1.82, 2.24) is 0 Å². The van der Waals surface area contributed by atoms with E-state index in [1.165, 1.54) is 5.57 Å². The van der Waals surface area contributed by atoms with Gasteiger partial charge in [-0.25, -0.2) is 0 Å². The Bertz CT molecular complexity index is 471. The molecule has 1 saturated carbocycles. The zero-order valence-electron chi connectivity index (χ0n) is 13.8. The lowest BCUT2D eigenvalue weighted by Crippen LogP contribution is -2.46. The van der Waals surface area contributed by atoms with Crippen molar-refractivity contribution in [1.29, 1.82) is 0 Å². The highest BCUT2D eigenvalue weighted by molar-refractivity contribution is 14.1. The average molecular weight is 406 g/mol. The molecule has 0 aromatic rings. The van der Waals surface area contributed by atoms with E-state index in [1.807, 2.05) is 0 Å². The molecule has 20 heavy (non-hydrogen) atoms. The molecule has 0 bridgehead atoms. The van der Waals surface area contributed by atoms with E-state index >= 15 is 0 Å². The zero-order chi connectivity index (χ0) is 15.5. The van der Waals surface area contributed by atoms with Crippen molar-refractivity contribution in [3.63, 3.8) is 0 Å². The summed E-state index contributed by atoms with van der Waals surface area (Å²) in [6, 6.07) is 0. The van der Waals surface area contributed by atoms with Crippen molar-refractivity contribution in [3.05, 3.63) is 9.15 Å². The lowest BCUT2D eigenvalue weighted by atomic mass is 9.87. The molecule has 2 nitrogen and oxygen atoms in total. The van der Waals surface area contributed by atoms with Gasteiger partial charge in [-0.05, 0) is 64.0 Å². The van der Waals surface area contributed by atoms with Crippen molar-refractivity contribution < 1.29 is 9.22 Å². The number of carbonyl (C=O) groups is 1. The van der Waals surface area contributed by atoms with Crippen LogP contribution in [0.5, 0.6) is 0 Å². The molecule has 2 aliphatic rings. The molecule has 0 amide bonds. The van der Waals surface area contributed by atoms with Crippen LogP contribution in [0.15, 0.2) is 9.15 Å². The van der Waals surface area contributed by atoms with Gasteiger partial charge < -0.3 is 4.43 Å². The Morgan fingerprint density at radius 2 is 1.85 bits per heavy atom. The lowest BCUT2D eigenvalue weighted by Gasteiger charge is -2.42. The van der Waals surface area contributed by atoms with Gasteiger partial charge in [-0.2, -0.15) is 0 Å². The Morgan fingerprint density at radius 3 is 2.35 bits per heavy atom. The van der Waals surface area contributed by atoms with E-state index in [4.69, 9.17) is 4.43 Å². The van der Waals surface area contributed by atoms with Gasteiger partial charge in [0.1, 0.15) is 0 Å². The van der Waals surface area contributed by atoms with Gasteiger partial charge in [-0.1, -0.05) is 34.6 Å². The van der Waals surface area contributed by atoms with Gasteiger partial charge in [0.15, 0.2) is 14.1 Å². The van der Waals surface area contributed by atoms with Crippen molar-refractivity contribution in [2.24, 2.45) is 11.3 Å². The molecule has 2 atom stereocenters. The SMILES string of the molecule is CC1(C)C[C@H]2CC(=O)C(I)=C2[C@@H]1O[Si](C)(C)C(C)(C)C. The van der Waals surface area contributed by atoms with E-state index in [9.17, 15) is 4.79 Å². The first kappa shape index (κ1) is 16.7. The number of hydrogen-bond donors (Lipinski definition) is 0. The van der Waals surface area contributed by atoms with E-state index < -0.39 is 8.32 Å². The summed E-state index contributed by atoms with van der Waals surface area (Å²) in [6.45, 7) is 16.0. The van der Waals surface area contributed by atoms with Crippen molar-refractivity contribution in [2.45, 2.75) is 71.7 Å². The van der Waals surface area contributed by atoms with Gasteiger partial charge in [0.05, 0.1) is 9.68 Å². The molecule has 0 heterocycles. The fraction of sp³-hybridized carbons (Fsp3) is 0.812. The summed E-state index contributed by atoms with van der Waals surface area (Å²) >= 11 is 2.25. The van der Waals surface area contributed by atoms with Crippen LogP contribution < -0.4 is 0 Å². The second kappa shape index (κ2) is 4.91. The van der Waals surface area contributed by atoms with Crippen molar-refractivity contribution in [2.75, 3.05) is 0 Å². The van der Waals surface area contributed by atoms with Gasteiger partial charge in [0.2, 0.25) is 0 Å². The van der Waals surface area contributed by atoms with E-state index in [-0.39, 0.29) is 16.6 Å². The minimum Gasteiger partial charge on any atom is -0.410 e. The summed E-state index contributed by atoms with van der Waals surface area (Å²) < 4.78 is 7.70. The first-order chi connectivity index (χ1) is 8.87. The maximum atomic E-state index is 12.0. The first-order valence-electron chi connectivity index (χ1n) is 7.47. The Hall–Kier alpha value is 0.317. The predicted molar refractivity (Wildman–Crippen MR) is 94.6 cm³/mol. The highest BCUT2D eigenvalue weighted by Crippen LogP contribution is 2.55. The largest absolute Gasteiger partial charge is 0.410 e. The number of Topliss-reactive ketones (excluding diaryl/α,β-unsaturated/α-hetero) is 1. The molecule has 0 unspecified atom stereocenters. The molecule has 0 spiro atoms. The van der Waals surface area contributed by atoms with Crippen LogP contribution in [0.2, 0.25) is 18.1 Å². The first-order valence-corrected chi connectivity index (χ1v) is 11.5. The number of halogens is 1. The number of allylic oxidation sites excluding steroid dienone is 1. The summed E-state index contributed by atoms with van der Waals surface area (Å²) in [7, 11) is -1.82. The van der Waals surface area contributed by atoms with Crippen LogP contribution >= 0.6 is 22.6 Å². The summed E-state index contributed by atoms with van der Waals surface area (Å²) in [5, 5.41) is 0.204. The van der Waals surface area contributed by atoms with Gasteiger partial charge in [0.25, 0.3) is 0 Å². The van der Waals surface area contributed by atoms with Crippen LogP contribution in [0.1, 0.15) is 47.5 Å². The minimum atomic E-state index is -1.82. The molecular formula is C16H27IO2Si. The quantitative estimate of drug-likeness (QED) is 0.472. The summed E-state index contributed by atoms with van der Waals surface area (Å²) in [5.74, 6) is 0.754. The van der Waals surface area contributed by atoms with E-state index in [2.05, 4.69) is 70.3 Å². The van der Waals surface area contributed by atoms with E-state index in [0.29, 0.717) is 18.1 Å². The van der Waals surface area contributed by atoms with Crippen molar-refractivity contribution >= 4 is 36.7 Å². The molecule has 0 aromatic heterocycles. The number of ketones is 1. The van der Waals surface area contributed by atoms with Crippen molar-refractivity contribution in [3.8, 4) is 0 Å². The Morgan fingerprint density at radius 1 is 1.30 bits per heavy atom. The second-order valence-corrected chi connectivity index (χ2v) is 14.4. The fourth-order valence-electron chi connectivity index (χ4n) is 3.13. The average Bonchev–Trinajstić information content (AvgIpc) is 2.61. The molecule has 2 rings (SSSR count). The maximum Gasteiger partial charge on any atom is 0.192 e. The topological polar surface area (TPSA) is 26.3 Å². The van der Waals surface area contributed by atoms with Gasteiger partial charge in [-0.3, -0.25) is 4.79 Å². The zero-order valence-corrected chi connectivity index (χ0v) is 16.9. The predicted octanol–water partition coefficient (Wildman–Crippen LogP) is 5.08. The van der Waals surface area contributed by atoms with Crippen LogP contribution in [0.4, 0.5) is 0 Å². The van der Waals surface area contributed by atoms with Crippen LogP contribution in [-0.2, 0) is 9.22 Å². The Balaban J connectivity index is 2.37. The molecule has 0 aliphatic heterocycles. The molecule has 0 aromatic carbocycles. The Labute approximate surface area is 138 Å². The number of hydrogen-bond acceptors (Lipinski definition) is 2. The minimum absolute atomic E-state index is 0.131. The normalized spacial score (nSPS) is 30.1. The molecule has 1 fully saturated rings. The third-order valence-corrected chi connectivity index (χ3v) is 11.0.